The Morgan fingerprint density at radius 1 is 0.619 bits per heavy atom. The van der Waals surface area contributed by atoms with Crippen molar-refractivity contribution in [3.05, 3.63) is 60.7 Å². The Balaban J connectivity index is 0.000000322. The molecule has 2 aromatic rings. The molecular formula is C16H22Cl2NiP2. The monoisotopic (exact) mass is 404 g/mol. The molecule has 2 aromatic carbocycles. The molecule has 0 unspecified atom stereocenters. The summed E-state index contributed by atoms with van der Waals surface area (Å²) in [4.78, 5) is 0. The van der Waals surface area contributed by atoms with Crippen molar-refractivity contribution in [1.29, 1.82) is 0 Å². The summed E-state index contributed by atoms with van der Waals surface area (Å²) in [5.41, 5.74) is 0. The summed E-state index contributed by atoms with van der Waals surface area (Å²) < 4.78 is 0. The first-order chi connectivity index (χ1) is 10.0. The van der Waals surface area contributed by atoms with E-state index in [0.29, 0.717) is 12.7 Å². The zero-order valence-corrected chi connectivity index (χ0v) is 17.0. The molecule has 5 heteroatoms. The van der Waals surface area contributed by atoms with Gasteiger partial charge >= 0.3 is 33.0 Å². The third-order valence-electron chi connectivity index (χ3n) is 2.55. The predicted octanol–water partition coefficient (Wildman–Crippen LogP) is 5.48. The zero-order chi connectivity index (χ0) is 16.1. The van der Waals surface area contributed by atoms with Crippen LogP contribution in [0.4, 0.5) is 0 Å². The fraction of sp³-hybridized carbons (Fsp3) is 0.250. The molecule has 0 fully saturated rings. The van der Waals surface area contributed by atoms with Crippen LogP contribution in [0.1, 0.15) is 0 Å². The molecule has 120 valence electrons. The predicted molar refractivity (Wildman–Crippen MR) is 101 cm³/mol. The molecule has 21 heavy (non-hydrogen) atoms. The maximum atomic E-state index is 4.70. The van der Waals surface area contributed by atoms with Crippen molar-refractivity contribution in [2.75, 3.05) is 26.7 Å². The molecule has 0 saturated heterocycles. The minimum absolute atomic E-state index is 0.104. The molecule has 0 spiro atoms. The van der Waals surface area contributed by atoms with E-state index in [1.54, 1.807) is 0 Å². The Bertz CT molecular complexity index is 407. The van der Waals surface area contributed by atoms with Gasteiger partial charge in [0.25, 0.3) is 0 Å². The summed E-state index contributed by atoms with van der Waals surface area (Å²) in [6, 6.07) is 21.2. The van der Waals surface area contributed by atoms with Crippen LogP contribution in [0.25, 0.3) is 0 Å². The van der Waals surface area contributed by atoms with Crippen LogP contribution in [0.3, 0.4) is 0 Å². The van der Waals surface area contributed by atoms with Gasteiger partial charge in [0, 0.05) is 0 Å². The van der Waals surface area contributed by atoms with Crippen LogP contribution in [0, 0.1) is 0 Å². The molecular weight excluding hydrogens is 384 g/mol. The van der Waals surface area contributed by atoms with E-state index in [-0.39, 0.29) is 15.8 Å². The molecule has 0 aliphatic carbocycles. The van der Waals surface area contributed by atoms with E-state index in [1.165, 1.54) is 10.6 Å². The van der Waals surface area contributed by atoms with Crippen LogP contribution < -0.4 is 10.6 Å². The van der Waals surface area contributed by atoms with E-state index in [0.717, 1.165) is 0 Å². The SMILES string of the molecule is CP(C)c1ccccc1.CP(C)c1ccccc1.[Cl][Ni][Cl]. The second-order valence-electron chi connectivity index (χ2n) is 4.51. The fourth-order valence-corrected chi connectivity index (χ4v) is 2.99. The molecule has 0 amide bonds. The standard InChI is InChI=1S/2C8H11P.2ClH.Ni/c2*1-9(2)8-6-4-3-5-7-8;;;/h2*3-7H,1-2H3;2*1H;/q;;;;+2/p-2. The summed E-state index contributed by atoms with van der Waals surface area (Å²) in [5, 5.41) is 2.96. The van der Waals surface area contributed by atoms with Gasteiger partial charge in [0.15, 0.2) is 0 Å². The molecule has 2 rings (SSSR count). The van der Waals surface area contributed by atoms with Crippen LogP contribution in [0.2, 0.25) is 0 Å². The van der Waals surface area contributed by atoms with Crippen LogP contribution >= 0.6 is 36.2 Å². The van der Waals surface area contributed by atoms with Gasteiger partial charge in [-0.05, 0) is 37.3 Å². The Hall–Kier alpha value is 0.374. The topological polar surface area (TPSA) is 0 Å². The van der Waals surface area contributed by atoms with Crippen LogP contribution in [-0.4, -0.2) is 26.7 Å². The summed E-state index contributed by atoms with van der Waals surface area (Å²) in [6.07, 6.45) is 0. The molecule has 0 nitrogen and oxygen atoms in total. The van der Waals surface area contributed by atoms with Crippen LogP contribution in [0.5, 0.6) is 0 Å². The molecule has 0 atom stereocenters. The van der Waals surface area contributed by atoms with Gasteiger partial charge in [0.05, 0.1) is 0 Å². The number of benzene rings is 2. The van der Waals surface area contributed by atoms with Crippen LogP contribution in [-0.2, 0) is 12.7 Å². The van der Waals surface area contributed by atoms with Crippen molar-refractivity contribution < 1.29 is 12.7 Å². The third-order valence-corrected chi connectivity index (χ3v) is 5.21. The Kier molecular flexibility index (Phi) is 14.2. The normalized spacial score (nSPS) is 9.71. The maximum absolute atomic E-state index is 4.70. The second kappa shape index (κ2) is 14.0. The van der Waals surface area contributed by atoms with Crippen LogP contribution in [0.15, 0.2) is 60.7 Å². The number of hydrogen-bond donors (Lipinski definition) is 0. The molecule has 0 N–H and O–H groups in total. The molecule has 0 aliphatic heterocycles. The number of halogens is 2. The molecule has 0 aliphatic rings. The van der Waals surface area contributed by atoms with Gasteiger partial charge in [-0.1, -0.05) is 76.5 Å². The van der Waals surface area contributed by atoms with Crippen molar-refractivity contribution in [2.24, 2.45) is 0 Å². The minimum atomic E-state index is 0.104. The van der Waals surface area contributed by atoms with Gasteiger partial charge in [-0.3, -0.25) is 0 Å². The van der Waals surface area contributed by atoms with E-state index in [4.69, 9.17) is 20.4 Å². The molecule has 0 saturated carbocycles. The van der Waals surface area contributed by atoms with Crippen molar-refractivity contribution in [1.82, 2.24) is 0 Å². The Labute approximate surface area is 146 Å². The van der Waals surface area contributed by atoms with E-state index in [2.05, 4.69) is 87.3 Å². The van der Waals surface area contributed by atoms with Crippen molar-refractivity contribution in [3.8, 4) is 0 Å². The van der Waals surface area contributed by atoms with Crippen molar-refractivity contribution in [2.45, 2.75) is 0 Å². The molecule has 0 heterocycles. The van der Waals surface area contributed by atoms with Gasteiger partial charge < -0.3 is 0 Å². The second-order valence-corrected chi connectivity index (χ2v) is 10.7. The zero-order valence-electron chi connectivity index (χ0n) is 12.7. The molecule has 0 radical (unpaired) electrons. The summed E-state index contributed by atoms with van der Waals surface area (Å²) >= 11 is 0.569. The first-order valence-corrected chi connectivity index (χ1v) is 13.5. The first kappa shape index (κ1) is 21.4. The Morgan fingerprint density at radius 3 is 1.00 bits per heavy atom. The summed E-state index contributed by atoms with van der Waals surface area (Å²) in [5.74, 6) is 0. The average Bonchev–Trinajstić information content (AvgIpc) is 2.50. The van der Waals surface area contributed by atoms with Gasteiger partial charge in [0.2, 0.25) is 0 Å². The van der Waals surface area contributed by atoms with Gasteiger partial charge in [-0.25, -0.2) is 0 Å². The number of hydrogen-bond acceptors (Lipinski definition) is 0. The van der Waals surface area contributed by atoms with Crippen molar-refractivity contribution >= 4 is 46.8 Å². The molecule has 0 aromatic heterocycles. The van der Waals surface area contributed by atoms with Gasteiger partial charge in [-0.15, -0.1) is 0 Å². The van der Waals surface area contributed by atoms with Gasteiger partial charge in [-0.2, -0.15) is 0 Å². The first-order valence-electron chi connectivity index (χ1n) is 6.30. The third kappa shape index (κ3) is 11.6. The van der Waals surface area contributed by atoms with E-state index >= 15 is 0 Å². The van der Waals surface area contributed by atoms with Gasteiger partial charge in [0.1, 0.15) is 0 Å². The Morgan fingerprint density at radius 2 is 0.857 bits per heavy atom. The van der Waals surface area contributed by atoms with Crippen molar-refractivity contribution in [3.63, 3.8) is 0 Å². The van der Waals surface area contributed by atoms with E-state index in [1.807, 2.05) is 0 Å². The summed E-state index contributed by atoms with van der Waals surface area (Å²) in [6.45, 7) is 9.07. The fourth-order valence-electron chi connectivity index (χ4n) is 1.45. The number of rotatable bonds is 2. The van der Waals surface area contributed by atoms with E-state index in [9.17, 15) is 0 Å². The average molecular weight is 406 g/mol. The molecule has 0 bridgehead atoms. The quantitative estimate of drug-likeness (QED) is 0.458. The summed E-state index contributed by atoms with van der Waals surface area (Å²) in [7, 11) is 9.61. The van der Waals surface area contributed by atoms with E-state index < -0.39 is 0 Å².